The summed E-state index contributed by atoms with van der Waals surface area (Å²) < 4.78 is 5.11. The Hall–Kier alpha value is -1.39. The van der Waals surface area contributed by atoms with Crippen LogP contribution in [0, 0.1) is 0 Å². The summed E-state index contributed by atoms with van der Waals surface area (Å²) in [5.41, 5.74) is 1.19. The average Bonchev–Trinajstić information content (AvgIpc) is 2.64. The predicted octanol–water partition coefficient (Wildman–Crippen LogP) is 5.19. The third-order valence-corrected chi connectivity index (χ3v) is 4.92. The maximum absolute atomic E-state index is 11.0. The Bertz CT molecular complexity index is 515. The minimum atomic E-state index is -0.573. The molecule has 0 heterocycles. The zero-order valence-electron chi connectivity index (χ0n) is 17.2. The molecular weight excluding hydrogens is 340 g/mol. The van der Waals surface area contributed by atoms with Gasteiger partial charge in [-0.3, -0.25) is 4.79 Å². The Labute approximate surface area is 164 Å². The fraction of sp³-hybridized carbons (Fsp3) is 0.696. The average molecular weight is 379 g/mol. The number of ether oxygens (including phenoxy) is 1. The summed E-state index contributed by atoms with van der Waals surface area (Å²) in [5.74, 6) is 0.322. The lowest BCUT2D eigenvalue weighted by Gasteiger charge is -2.17. The van der Waals surface area contributed by atoms with E-state index >= 15 is 0 Å². The van der Waals surface area contributed by atoms with Gasteiger partial charge in [-0.05, 0) is 43.4 Å². The molecule has 4 heteroatoms. The van der Waals surface area contributed by atoms with E-state index in [2.05, 4.69) is 13.0 Å². The molecular formula is C23H38O4. The summed E-state index contributed by atoms with van der Waals surface area (Å²) >= 11 is 0. The van der Waals surface area contributed by atoms with Crippen LogP contribution in [0.4, 0.5) is 0 Å². The van der Waals surface area contributed by atoms with Crippen LogP contribution in [0.15, 0.2) is 24.3 Å². The molecule has 0 aliphatic carbocycles. The lowest BCUT2D eigenvalue weighted by atomic mass is 9.99. The van der Waals surface area contributed by atoms with Crippen LogP contribution in [0.25, 0.3) is 0 Å². The van der Waals surface area contributed by atoms with Gasteiger partial charge in [0.25, 0.3) is 0 Å². The SMILES string of the molecule is CCCCCCC(O)C(O)CCCCCCCc1cccc(OC(C)=O)c1. The van der Waals surface area contributed by atoms with Crippen molar-refractivity contribution >= 4 is 5.97 Å². The number of carbonyl (C=O) groups is 1. The van der Waals surface area contributed by atoms with Gasteiger partial charge in [-0.25, -0.2) is 0 Å². The normalized spacial score (nSPS) is 13.3. The molecule has 0 aromatic heterocycles. The van der Waals surface area contributed by atoms with E-state index in [9.17, 15) is 15.0 Å². The van der Waals surface area contributed by atoms with Crippen LogP contribution in [0.5, 0.6) is 5.75 Å². The Morgan fingerprint density at radius 1 is 0.926 bits per heavy atom. The number of aliphatic hydroxyl groups is 2. The van der Waals surface area contributed by atoms with Crippen LogP contribution < -0.4 is 4.74 Å². The van der Waals surface area contributed by atoms with Gasteiger partial charge in [0.15, 0.2) is 0 Å². The summed E-state index contributed by atoms with van der Waals surface area (Å²) in [4.78, 5) is 11.0. The third-order valence-electron chi connectivity index (χ3n) is 4.92. The van der Waals surface area contributed by atoms with E-state index in [1.165, 1.54) is 25.3 Å². The van der Waals surface area contributed by atoms with Crippen molar-refractivity contribution in [1.82, 2.24) is 0 Å². The first-order valence-corrected chi connectivity index (χ1v) is 10.7. The number of aryl methyl sites for hydroxylation is 1. The number of benzene rings is 1. The molecule has 4 nitrogen and oxygen atoms in total. The summed E-state index contributed by atoms with van der Waals surface area (Å²) in [7, 11) is 0. The molecule has 0 saturated heterocycles. The van der Waals surface area contributed by atoms with Crippen LogP contribution in [0.1, 0.15) is 90.0 Å². The molecule has 1 aromatic rings. The Morgan fingerprint density at radius 2 is 1.52 bits per heavy atom. The highest BCUT2D eigenvalue weighted by Crippen LogP contribution is 2.17. The van der Waals surface area contributed by atoms with E-state index in [4.69, 9.17) is 4.74 Å². The maximum Gasteiger partial charge on any atom is 0.308 e. The molecule has 0 aliphatic heterocycles. The number of carbonyl (C=O) groups excluding carboxylic acids is 1. The van der Waals surface area contributed by atoms with Crippen molar-refractivity contribution in [2.75, 3.05) is 0 Å². The van der Waals surface area contributed by atoms with Gasteiger partial charge in [-0.2, -0.15) is 0 Å². The molecule has 1 rings (SSSR count). The topological polar surface area (TPSA) is 66.8 Å². The molecule has 2 N–H and O–H groups in total. The molecule has 1 aromatic carbocycles. The maximum atomic E-state index is 11.0. The molecule has 0 fully saturated rings. The summed E-state index contributed by atoms with van der Waals surface area (Å²) in [6.45, 7) is 3.58. The molecule has 2 atom stereocenters. The van der Waals surface area contributed by atoms with E-state index in [0.717, 1.165) is 51.4 Å². The molecule has 154 valence electrons. The first-order chi connectivity index (χ1) is 13.0. The Morgan fingerprint density at radius 3 is 2.15 bits per heavy atom. The van der Waals surface area contributed by atoms with Crippen molar-refractivity contribution in [2.24, 2.45) is 0 Å². The quantitative estimate of drug-likeness (QED) is 0.250. The third kappa shape index (κ3) is 11.8. The van der Waals surface area contributed by atoms with Gasteiger partial charge in [0.05, 0.1) is 12.2 Å². The van der Waals surface area contributed by atoms with E-state index < -0.39 is 12.2 Å². The molecule has 0 bridgehead atoms. The fourth-order valence-corrected chi connectivity index (χ4v) is 3.31. The summed E-state index contributed by atoms with van der Waals surface area (Å²) in [5, 5.41) is 20.0. The predicted molar refractivity (Wildman–Crippen MR) is 110 cm³/mol. The largest absolute Gasteiger partial charge is 0.427 e. The standard InChI is InChI=1S/C23H38O4/c1-3-4-5-10-16-22(25)23(26)17-11-8-6-7-9-13-20-14-12-15-21(18-20)27-19(2)24/h12,14-15,18,22-23,25-26H,3-11,13,16-17H2,1-2H3. The van der Waals surface area contributed by atoms with Gasteiger partial charge in [0.1, 0.15) is 5.75 Å². The van der Waals surface area contributed by atoms with Gasteiger partial charge in [0, 0.05) is 6.92 Å². The van der Waals surface area contributed by atoms with Crippen molar-refractivity contribution < 1.29 is 19.7 Å². The second kappa shape index (κ2) is 14.6. The number of rotatable bonds is 15. The second-order valence-electron chi connectivity index (χ2n) is 7.53. The molecule has 27 heavy (non-hydrogen) atoms. The van der Waals surface area contributed by atoms with Crippen molar-refractivity contribution in [1.29, 1.82) is 0 Å². The van der Waals surface area contributed by atoms with Crippen LogP contribution in [0.3, 0.4) is 0 Å². The number of hydrogen-bond acceptors (Lipinski definition) is 4. The Kier molecular flexibility index (Phi) is 12.8. The Balaban J connectivity index is 2.06. The molecule has 0 amide bonds. The van der Waals surface area contributed by atoms with E-state index in [-0.39, 0.29) is 5.97 Å². The summed E-state index contributed by atoms with van der Waals surface area (Å²) in [6.07, 6.45) is 11.2. The summed E-state index contributed by atoms with van der Waals surface area (Å²) in [6, 6.07) is 7.71. The molecule has 2 unspecified atom stereocenters. The van der Waals surface area contributed by atoms with Crippen molar-refractivity contribution in [3.8, 4) is 5.75 Å². The number of esters is 1. The van der Waals surface area contributed by atoms with Gasteiger partial charge in [-0.15, -0.1) is 0 Å². The monoisotopic (exact) mass is 378 g/mol. The first kappa shape index (κ1) is 23.6. The van der Waals surface area contributed by atoms with Crippen LogP contribution >= 0.6 is 0 Å². The van der Waals surface area contributed by atoms with Crippen molar-refractivity contribution in [2.45, 2.75) is 103 Å². The zero-order chi connectivity index (χ0) is 19.9. The van der Waals surface area contributed by atoms with Crippen LogP contribution in [-0.2, 0) is 11.2 Å². The van der Waals surface area contributed by atoms with Gasteiger partial charge < -0.3 is 14.9 Å². The van der Waals surface area contributed by atoms with E-state index in [1.807, 2.05) is 12.1 Å². The highest BCUT2D eigenvalue weighted by molar-refractivity contribution is 5.69. The molecule has 0 radical (unpaired) electrons. The van der Waals surface area contributed by atoms with Crippen molar-refractivity contribution in [3.05, 3.63) is 29.8 Å². The second-order valence-corrected chi connectivity index (χ2v) is 7.53. The van der Waals surface area contributed by atoms with Crippen molar-refractivity contribution in [3.63, 3.8) is 0 Å². The smallest absolute Gasteiger partial charge is 0.308 e. The van der Waals surface area contributed by atoms with Gasteiger partial charge in [-0.1, -0.05) is 70.4 Å². The lowest BCUT2D eigenvalue weighted by Crippen LogP contribution is -2.25. The number of aliphatic hydroxyl groups excluding tert-OH is 2. The number of unbranched alkanes of at least 4 members (excludes halogenated alkanes) is 7. The van der Waals surface area contributed by atoms with Crippen LogP contribution in [-0.4, -0.2) is 28.4 Å². The minimum absolute atomic E-state index is 0.291. The zero-order valence-corrected chi connectivity index (χ0v) is 17.2. The van der Waals surface area contributed by atoms with Gasteiger partial charge >= 0.3 is 5.97 Å². The first-order valence-electron chi connectivity index (χ1n) is 10.7. The highest BCUT2D eigenvalue weighted by atomic mass is 16.5. The highest BCUT2D eigenvalue weighted by Gasteiger charge is 2.15. The van der Waals surface area contributed by atoms with Gasteiger partial charge in [0.2, 0.25) is 0 Å². The molecule has 0 saturated carbocycles. The van der Waals surface area contributed by atoms with Crippen LogP contribution in [0.2, 0.25) is 0 Å². The molecule has 0 aliphatic rings. The minimum Gasteiger partial charge on any atom is -0.427 e. The van der Waals surface area contributed by atoms with E-state index in [0.29, 0.717) is 18.6 Å². The fourth-order valence-electron chi connectivity index (χ4n) is 3.31. The van der Waals surface area contributed by atoms with E-state index in [1.54, 1.807) is 6.07 Å². The number of hydrogen-bond donors (Lipinski definition) is 2. The lowest BCUT2D eigenvalue weighted by molar-refractivity contribution is -0.131. The molecule has 0 spiro atoms.